The van der Waals surface area contributed by atoms with Crippen molar-refractivity contribution in [3.05, 3.63) is 0 Å². The number of nitrogens with one attached hydrogen (secondary N) is 1. The van der Waals surface area contributed by atoms with Gasteiger partial charge in [-0.2, -0.15) is 0 Å². The smallest absolute Gasteiger partial charge is 0.0436 e. The summed E-state index contributed by atoms with van der Waals surface area (Å²) in [5.74, 6) is 1.79. The highest BCUT2D eigenvalue weighted by atomic mass is 16.3. The minimum atomic E-state index is 0.363. The Morgan fingerprint density at radius 3 is 2.67 bits per heavy atom. The zero-order valence-corrected chi connectivity index (χ0v) is 12.3. The number of rotatable bonds is 7. The number of hydrogen-bond donors (Lipinski definition) is 2. The van der Waals surface area contributed by atoms with E-state index in [2.05, 4.69) is 19.2 Å². The van der Waals surface area contributed by atoms with Crippen LogP contribution in [-0.4, -0.2) is 24.3 Å². The Morgan fingerprint density at radius 1 is 1.28 bits per heavy atom. The molecule has 2 N–H and O–H groups in total. The number of hydrogen-bond acceptors (Lipinski definition) is 2. The van der Waals surface area contributed by atoms with Crippen molar-refractivity contribution < 1.29 is 5.11 Å². The van der Waals surface area contributed by atoms with E-state index in [4.69, 9.17) is 5.11 Å². The zero-order valence-electron chi connectivity index (χ0n) is 12.3. The molecule has 2 unspecified atom stereocenters. The number of aliphatic hydroxyl groups excluding tert-OH is 1. The zero-order chi connectivity index (χ0) is 13.0. The molecule has 0 aromatic heterocycles. The van der Waals surface area contributed by atoms with E-state index in [1.807, 2.05) is 0 Å². The van der Waals surface area contributed by atoms with Crippen LogP contribution in [0.5, 0.6) is 0 Å². The van der Waals surface area contributed by atoms with Crippen LogP contribution in [0.2, 0.25) is 0 Å². The Balaban J connectivity index is 1.69. The quantitative estimate of drug-likeness (QED) is 0.729. The molecule has 0 aromatic carbocycles. The Labute approximate surface area is 113 Å². The molecule has 2 rings (SSSR count). The molecule has 2 aliphatic rings. The highest BCUT2D eigenvalue weighted by Crippen LogP contribution is 2.48. The summed E-state index contributed by atoms with van der Waals surface area (Å²) in [6, 6.07) is 0.749. The summed E-state index contributed by atoms with van der Waals surface area (Å²) in [6.07, 6.45) is 10.6. The lowest BCUT2D eigenvalue weighted by atomic mass is 9.81. The Hall–Kier alpha value is -0.0800. The second kappa shape index (κ2) is 6.38. The molecular weight excluding hydrogens is 222 g/mol. The monoisotopic (exact) mass is 253 g/mol. The standard InChI is InChI=1S/C16H31NO/c1-13(2)10-14-4-3-5-15(11-14)17-12-16(6-7-16)8-9-18/h13-15,17-18H,3-12H2,1-2H3. The van der Waals surface area contributed by atoms with Crippen molar-refractivity contribution in [1.82, 2.24) is 5.32 Å². The van der Waals surface area contributed by atoms with Crippen molar-refractivity contribution in [1.29, 1.82) is 0 Å². The lowest BCUT2D eigenvalue weighted by molar-refractivity contribution is 0.220. The minimum absolute atomic E-state index is 0.363. The van der Waals surface area contributed by atoms with Crippen molar-refractivity contribution >= 4 is 0 Å². The normalized spacial score (nSPS) is 30.7. The van der Waals surface area contributed by atoms with Gasteiger partial charge >= 0.3 is 0 Å². The third kappa shape index (κ3) is 4.24. The van der Waals surface area contributed by atoms with Gasteiger partial charge in [0, 0.05) is 19.2 Å². The van der Waals surface area contributed by atoms with Crippen LogP contribution in [-0.2, 0) is 0 Å². The van der Waals surface area contributed by atoms with E-state index in [9.17, 15) is 0 Å². The van der Waals surface area contributed by atoms with E-state index in [0.717, 1.165) is 30.8 Å². The summed E-state index contributed by atoms with van der Waals surface area (Å²) in [5.41, 5.74) is 0.472. The predicted molar refractivity (Wildman–Crippen MR) is 76.6 cm³/mol. The molecule has 0 aliphatic heterocycles. The van der Waals surface area contributed by atoms with Crippen LogP contribution in [0, 0.1) is 17.3 Å². The Morgan fingerprint density at radius 2 is 2.06 bits per heavy atom. The summed E-state index contributed by atoms with van der Waals surface area (Å²) in [4.78, 5) is 0. The highest BCUT2D eigenvalue weighted by molar-refractivity contribution is 4.95. The average molecular weight is 253 g/mol. The second-order valence-electron chi connectivity index (χ2n) is 7.21. The SMILES string of the molecule is CC(C)CC1CCCC(NCC2(CCO)CC2)C1. The van der Waals surface area contributed by atoms with E-state index in [1.54, 1.807) is 0 Å². The van der Waals surface area contributed by atoms with Gasteiger partial charge in [0.25, 0.3) is 0 Å². The maximum Gasteiger partial charge on any atom is 0.0436 e. The molecule has 2 saturated carbocycles. The summed E-state index contributed by atoms with van der Waals surface area (Å²) in [5, 5.41) is 12.9. The molecule has 2 atom stereocenters. The van der Waals surface area contributed by atoms with Gasteiger partial charge < -0.3 is 10.4 Å². The fourth-order valence-electron chi connectivity index (χ4n) is 3.65. The Bertz CT molecular complexity index is 247. The summed E-state index contributed by atoms with van der Waals surface area (Å²) < 4.78 is 0. The van der Waals surface area contributed by atoms with Crippen molar-refractivity contribution in [2.24, 2.45) is 17.3 Å². The third-order valence-corrected chi connectivity index (χ3v) is 4.95. The van der Waals surface area contributed by atoms with Crippen LogP contribution >= 0.6 is 0 Å². The first-order valence-corrected chi connectivity index (χ1v) is 7.98. The van der Waals surface area contributed by atoms with Crippen molar-refractivity contribution in [3.8, 4) is 0 Å². The molecule has 0 bridgehead atoms. The molecule has 0 spiro atoms. The first-order valence-electron chi connectivity index (χ1n) is 7.98. The van der Waals surface area contributed by atoms with E-state index >= 15 is 0 Å². The highest BCUT2D eigenvalue weighted by Gasteiger charge is 2.41. The van der Waals surface area contributed by atoms with Gasteiger partial charge in [-0.1, -0.05) is 26.7 Å². The third-order valence-electron chi connectivity index (χ3n) is 4.95. The van der Waals surface area contributed by atoms with Crippen LogP contribution in [0.1, 0.15) is 65.2 Å². The molecule has 2 heteroatoms. The second-order valence-corrected chi connectivity index (χ2v) is 7.21. The van der Waals surface area contributed by atoms with Crippen LogP contribution in [0.4, 0.5) is 0 Å². The fourth-order valence-corrected chi connectivity index (χ4v) is 3.65. The van der Waals surface area contributed by atoms with Crippen LogP contribution < -0.4 is 5.32 Å². The lowest BCUT2D eigenvalue weighted by Crippen LogP contribution is -2.38. The van der Waals surface area contributed by atoms with E-state index < -0.39 is 0 Å². The molecule has 0 saturated heterocycles. The predicted octanol–water partition coefficient (Wildman–Crippen LogP) is 3.34. The van der Waals surface area contributed by atoms with Gasteiger partial charge in [-0.3, -0.25) is 0 Å². The average Bonchev–Trinajstić information content (AvgIpc) is 3.07. The van der Waals surface area contributed by atoms with Gasteiger partial charge in [0.2, 0.25) is 0 Å². The first-order chi connectivity index (χ1) is 8.63. The van der Waals surface area contributed by atoms with E-state index in [-0.39, 0.29) is 0 Å². The molecule has 2 aliphatic carbocycles. The van der Waals surface area contributed by atoms with Crippen LogP contribution in [0.15, 0.2) is 0 Å². The molecule has 0 radical (unpaired) electrons. The van der Waals surface area contributed by atoms with Crippen molar-refractivity contribution in [3.63, 3.8) is 0 Å². The van der Waals surface area contributed by atoms with Gasteiger partial charge in [0.15, 0.2) is 0 Å². The van der Waals surface area contributed by atoms with Crippen LogP contribution in [0.25, 0.3) is 0 Å². The molecule has 0 heterocycles. The minimum Gasteiger partial charge on any atom is -0.396 e. The van der Waals surface area contributed by atoms with E-state index in [1.165, 1.54) is 44.9 Å². The van der Waals surface area contributed by atoms with Crippen molar-refractivity contribution in [2.45, 2.75) is 71.3 Å². The molecule has 0 amide bonds. The van der Waals surface area contributed by atoms with Gasteiger partial charge in [0.1, 0.15) is 0 Å². The molecule has 2 nitrogen and oxygen atoms in total. The fraction of sp³-hybridized carbons (Fsp3) is 1.00. The first kappa shape index (κ1) is 14.3. The maximum atomic E-state index is 9.09. The summed E-state index contributed by atoms with van der Waals surface area (Å²) in [6.45, 7) is 6.20. The number of aliphatic hydroxyl groups is 1. The van der Waals surface area contributed by atoms with Crippen molar-refractivity contribution in [2.75, 3.05) is 13.2 Å². The maximum absolute atomic E-state index is 9.09. The van der Waals surface area contributed by atoms with Crippen LogP contribution in [0.3, 0.4) is 0 Å². The summed E-state index contributed by atoms with van der Waals surface area (Å²) in [7, 11) is 0. The molecule has 0 aromatic rings. The van der Waals surface area contributed by atoms with Gasteiger partial charge in [-0.15, -0.1) is 0 Å². The van der Waals surface area contributed by atoms with E-state index in [0.29, 0.717) is 12.0 Å². The molecule has 2 fully saturated rings. The topological polar surface area (TPSA) is 32.3 Å². The van der Waals surface area contributed by atoms with Gasteiger partial charge in [-0.05, 0) is 55.8 Å². The van der Waals surface area contributed by atoms with Gasteiger partial charge in [0.05, 0.1) is 0 Å². The largest absolute Gasteiger partial charge is 0.396 e. The molecule has 106 valence electrons. The summed E-state index contributed by atoms with van der Waals surface area (Å²) >= 11 is 0. The van der Waals surface area contributed by atoms with Gasteiger partial charge in [-0.25, -0.2) is 0 Å². The lowest BCUT2D eigenvalue weighted by Gasteiger charge is -2.32. The molecular formula is C16H31NO. The molecule has 18 heavy (non-hydrogen) atoms. The Kier molecular flexibility index (Phi) is 5.08.